The first kappa shape index (κ1) is 28.2. The van der Waals surface area contributed by atoms with E-state index in [0.717, 1.165) is 0 Å². The summed E-state index contributed by atoms with van der Waals surface area (Å²) in [5.74, 6) is 0. The second-order valence-electron chi connectivity index (χ2n) is 15.6. The van der Waals surface area contributed by atoms with Crippen molar-refractivity contribution in [2.45, 2.75) is 38.5 Å². The van der Waals surface area contributed by atoms with Gasteiger partial charge in [0.15, 0.2) is 0 Å². The Morgan fingerprint density at radius 3 is 1.28 bits per heavy atom. The van der Waals surface area contributed by atoms with E-state index in [1.807, 2.05) is 0 Å². The molecule has 0 spiro atoms. The fourth-order valence-corrected chi connectivity index (χ4v) is 9.91. The van der Waals surface area contributed by atoms with Crippen LogP contribution in [0.1, 0.15) is 49.9 Å². The Hall–Kier alpha value is -5.72. The van der Waals surface area contributed by atoms with Crippen LogP contribution < -0.4 is 0 Å². The molecule has 0 aliphatic heterocycles. The molecule has 0 N–H and O–H groups in total. The zero-order valence-corrected chi connectivity index (χ0v) is 28.9. The maximum absolute atomic E-state index is 2.51. The summed E-state index contributed by atoms with van der Waals surface area (Å²) >= 11 is 0. The van der Waals surface area contributed by atoms with Gasteiger partial charge in [-0.2, -0.15) is 0 Å². The van der Waals surface area contributed by atoms with Crippen molar-refractivity contribution in [2.24, 2.45) is 0 Å². The third-order valence-corrected chi connectivity index (χ3v) is 12.4. The molecule has 11 rings (SSSR count). The molecule has 0 heteroatoms. The molecular weight excluding hydrogens is 601 g/mol. The predicted molar refractivity (Wildman–Crippen MR) is 215 cm³/mol. The Balaban J connectivity index is 1.16. The molecular formula is C50H36. The van der Waals surface area contributed by atoms with Crippen molar-refractivity contribution in [3.05, 3.63) is 168 Å². The molecule has 9 aromatic rings. The van der Waals surface area contributed by atoms with Crippen molar-refractivity contribution in [3.63, 3.8) is 0 Å². The Morgan fingerprint density at radius 2 is 0.680 bits per heavy atom. The van der Waals surface area contributed by atoms with Gasteiger partial charge in [-0.25, -0.2) is 0 Å². The minimum atomic E-state index is -0.105. The summed E-state index contributed by atoms with van der Waals surface area (Å²) in [5, 5.41) is 13.2. The Bertz CT molecular complexity index is 2950. The highest BCUT2D eigenvalue weighted by Gasteiger charge is 2.41. The van der Waals surface area contributed by atoms with Crippen LogP contribution in [0.3, 0.4) is 0 Å². The minimum absolute atomic E-state index is 0.0126. The molecule has 0 heterocycles. The molecule has 9 aromatic carbocycles. The van der Waals surface area contributed by atoms with E-state index in [4.69, 9.17) is 0 Å². The first-order chi connectivity index (χ1) is 24.3. The fourth-order valence-electron chi connectivity index (χ4n) is 9.91. The molecule has 0 fully saturated rings. The van der Waals surface area contributed by atoms with Crippen LogP contribution in [-0.2, 0) is 10.8 Å². The summed E-state index contributed by atoms with van der Waals surface area (Å²) in [6, 6.07) is 55.3. The third-order valence-electron chi connectivity index (χ3n) is 12.4. The van der Waals surface area contributed by atoms with Crippen LogP contribution in [0.15, 0.2) is 146 Å². The molecule has 0 amide bonds. The van der Waals surface area contributed by atoms with E-state index in [0.29, 0.717) is 0 Å². The molecule has 0 aromatic heterocycles. The molecule has 50 heavy (non-hydrogen) atoms. The lowest BCUT2D eigenvalue weighted by Crippen LogP contribution is -2.17. The number of rotatable bonds is 1. The first-order valence-corrected chi connectivity index (χ1v) is 17.9. The molecule has 2 aliphatic carbocycles. The highest BCUT2D eigenvalue weighted by atomic mass is 14.4. The zero-order valence-electron chi connectivity index (χ0n) is 28.9. The molecule has 2 aliphatic rings. The van der Waals surface area contributed by atoms with Crippen LogP contribution in [0.4, 0.5) is 0 Å². The van der Waals surface area contributed by atoms with Gasteiger partial charge in [0.2, 0.25) is 0 Å². The van der Waals surface area contributed by atoms with Gasteiger partial charge in [-0.15, -0.1) is 0 Å². The molecule has 0 unspecified atom stereocenters. The maximum Gasteiger partial charge on any atom is 0.0159 e. The van der Waals surface area contributed by atoms with Gasteiger partial charge < -0.3 is 0 Å². The van der Waals surface area contributed by atoms with Gasteiger partial charge >= 0.3 is 0 Å². The monoisotopic (exact) mass is 636 g/mol. The van der Waals surface area contributed by atoms with Crippen molar-refractivity contribution in [3.8, 4) is 33.4 Å². The lowest BCUT2D eigenvalue weighted by atomic mass is 9.79. The number of hydrogen-bond acceptors (Lipinski definition) is 0. The lowest BCUT2D eigenvalue weighted by Gasteiger charge is -2.24. The highest BCUT2D eigenvalue weighted by Crippen LogP contribution is 2.56. The van der Waals surface area contributed by atoms with E-state index in [1.165, 1.54) is 109 Å². The van der Waals surface area contributed by atoms with Gasteiger partial charge in [-0.3, -0.25) is 0 Å². The van der Waals surface area contributed by atoms with Crippen LogP contribution in [0.25, 0.3) is 87.2 Å². The molecule has 0 saturated heterocycles. The van der Waals surface area contributed by atoms with Gasteiger partial charge in [-0.1, -0.05) is 149 Å². The van der Waals surface area contributed by atoms with E-state index in [1.54, 1.807) is 0 Å². The van der Waals surface area contributed by atoms with Crippen molar-refractivity contribution in [1.29, 1.82) is 0 Å². The standard InChI is InChI=1S/C50H36/c1-49(2)43-20-12-11-16-35(43)40-27-46-41(28-45(40)49)36-24-22-30(26-44(36)50(46,3)4)29-21-23-34-33-15-7-9-18-38(33)47-37-17-8-5-13-31(37)32-14-6-10-19-39(32)48(47)42(34)25-29/h5-28H,1-4H3. The molecule has 0 saturated carbocycles. The van der Waals surface area contributed by atoms with Crippen LogP contribution in [0.2, 0.25) is 0 Å². The predicted octanol–water partition coefficient (Wildman–Crippen LogP) is 13.7. The lowest BCUT2D eigenvalue weighted by molar-refractivity contribution is 0.652. The highest BCUT2D eigenvalue weighted by molar-refractivity contribution is 6.39. The van der Waals surface area contributed by atoms with E-state index in [-0.39, 0.29) is 10.8 Å². The van der Waals surface area contributed by atoms with E-state index in [9.17, 15) is 0 Å². The number of benzene rings is 9. The van der Waals surface area contributed by atoms with E-state index < -0.39 is 0 Å². The largest absolute Gasteiger partial charge is 0.0619 e. The molecule has 236 valence electrons. The second kappa shape index (κ2) is 9.49. The van der Waals surface area contributed by atoms with Crippen LogP contribution in [-0.4, -0.2) is 0 Å². The molecule has 0 bridgehead atoms. The summed E-state index contributed by atoms with van der Waals surface area (Å²) in [6.45, 7) is 9.59. The second-order valence-corrected chi connectivity index (χ2v) is 15.6. The van der Waals surface area contributed by atoms with Crippen LogP contribution >= 0.6 is 0 Å². The molecule has 0 atom stereocenters. The number of fused-ring (bicyclic) bond motifs is 17. The third kappa shape index (κ3) is 3.46. The molecule has 0 radical (unpaired) electrons. The fraction of sp³-hybridized carbons (Fsp3) is 0.120. The van der Waals surface area contributed by atoms with Crippen molar-refractivity contribution in [2.75, 3.05) is 0 Å². The summed E-state index contributed by atoms with van der Waals surface area (Å²) in [6.07, 6.45) is 0. The van der Waals surface area contributed by atoms with Gasteiger partial charge in [0.25, 0.3) is 0 Å². The SMILES string of the molecule is CC1(C)c2ccccc2-c2cc3c(cc21)-c1ccc(-c2ccc4c5ccccc5c5c6ccccc6c6ccccc6c5c4c2)cc1C3(C)C. The Morgan fingerprint density at radius 1 is 0.280 bits per heavy atom. The van der Waals surface area contributed by atoms with Gasteiger partial charge in [0.1, 0.15) is 0 Å². The minimum Gasteiger partial charge on any atom is -0.0619 e. The number of hydrogen-bond donors (Lipinski definition) is 0. The van der Waals surface area contributed by atoms with Gasteiger partial charge in [0.05, 0.1) is 0 Å². The summed E-state index contributed by atoms with van der Waals surface area (Å²) in [5.41, 5.74) is 13.7. The quantitative estimate of drug-likeness (QED) is 0.157. The van der Waals surface area contributed by atoms with Crippen LogP contribution in [0, 0.1) is 0 Å². The average molecular weight is 637 g/mol. The molecule has 0 nitrogen and oxygen atoms in total. The van der Waals surface area contributed by atoms with Crippen molar-refractivity contribution >= 4 is 53.9 Å². The maximum atomic E-state index is 2.51. The van der Waals surface area contributed by atoms with E-state index >= 15 is 0 Å². The van der Waals surface area contributed by atoms with Crippen LogP contribution in [0.5, 0.6) is 0 Å². The Kier molecular flexibility index (Phi) is 5.34. The summed E-state index contributed by atoms with van der Waals surface area (Å²) < 4.78 is 0. The van der Waals surface area contributed by atoms with Gasteiger partial charge in [0, 0.05) is 10.8 Å². The summed E-state index contributed by atoms with van der Waals surface area (Å²) in [7, 11) is 0. The zero-order chi connectivity index (χ0) is 33.5. The van der Waals surface area contributed by atoms with E-state index in [2.05, 4.69) is 173 Å². The normalized spacial score (nSPS) is 15.1. The Labute approximate surface area is 292 Å². The van der Waals surface area contributed by atoms with Crippen molar-refractivity contribution < 1.29 is 0 Å². The topological polar surface area (TPSA) is 0 Å². The first-order valence-electron chi connectivity index (χ1n) is 17.9. The van der Waals surface area contributed by atoms with Crippen molar-refractivity contribution in [1.82, 2.24) is 0 Å². The smallest absolute Gasteiger partial charge is 0.0159 e. The average Bonchev–Trinajstić information content (AvgIpc) is 3.52. The summed E-state index contributed by atoms with van der Waals surface area (Å²) in [4.78, 5) is 0. The van der Waals surface area contributed by atoms with Gasteiger partial charge in [-0.05, 0) is 134 Å².